The molecule has 2 aliphatic rings. The summed E-state index contributed by atoms with van der Waals surface area (Å²) in [5.41, 5.74) is 2.73. The molecule has 0 spiro atoms. The Kier molecular flexibility index (Phi) is 7.31. The minimum Gasteiger partial charge on any atom is -0.381 e. The molecule has 0 aliphatic carbocycles. The first-order chi connectivity index (χ1) is 13.6. The number of aliphatic imine (C=N–C) groups is 1. The third-order valence-electron chi connectivity index (χ3n) is 5.94. The van der Waals surface area contributed by atoms with Gasteiger partial charge in [-0.1, -0.05) is 24.3 Å². The summed E-state index contributed by atoms with van der Waals surface area (Å²) in [6.07, 6.45) is 4.18. The van der Waals surface area contributed by atoms with Gasteiger partial charge in [0.05, 0.1) is 0 Å². The van der Waals surface area contributed by atoms with Crippen LogP contribution < -0.4 is 10.6 Å². The minimum atomic E-state index is 0.0265. The maximum absolute atomic E-state index is 12.3. The van der Waals surface area contributed by atoms with E-state index in [0.717, 1.165) is 71.0 Å². The van der Waals surface area contributed by atoms with E-state index in [0.29, 0.717) is 0 Å². The number of hydrogen-bond donors (Lipinski definition) is 2. The van der Waals surface area contributed by atoms with Crippen LogP contribution in [0.1, 0.15) is 43.7 Å². The number of rotatable bonds is 6. The van der Waals surface area contributed by atoms with Crippen molar-refractivity contribution in [2.45, 2.75) is 44.9 Å². The molecule has 0 radical (unpaired) electrons. The standard InChI is InChI=1S/C22H34N4O2/c1-3-23-21(24-16-20(27)26-12-6-7-13-26)25-17-22(10-14-28-15-11-22)19-9-5-4-8-18(19)2/h4-5,8-9H,3,6-7,10-17H2,1-2H3,(H2,23,24,25). The number of nitrogens with one attached hydrogen (secondary N) is 2. The van der Waals surface area contributed by atoms with Crippen LogP contribution in [0, 0.1) is 6.92 Å². The van der Waals surface area contributed by atoms with E-state index < -0.39 is 0 Å². The van der Waals surface area contributed by atoms with Crippen LogP contribution >= 0.6 is 0 Å². The maximum Gasteiger partial charge on any atom is 0.244 e. The lowest BCUT2D eigenvalue weighted by Gasteiger charge is -2.39. The number of hydrogen-bond acceptors (Lipinski definition) is 3. The van der Waals surface area contributed by atoms with Gasteiger partial charge in [0.25, 0.3) is 0 Å². The summed E-state index contributed by atoms with van der Waals surface area (Å²) in [5, 5.41) is 6.80. The van der Waals surface area contributed by atoms with Crippen LogP contribution in [0.15, 0.2) is 29.3 Å². The number of guanidine groups is 1. The van der Waals surface area contributed by atoms with E-state index in [-0.39, 0.29) is 17.9 Å². The molecule has 0 saturated carbocycles. The molecule has 2 N–H and O–H groups in total. The van der Waals surface area contributed by atoms with Gasteiger partial charge in [-0.2, -0.15) is 0 Å². The molecule has 28 heavy (non-hydrogen) atoms. The molecule has 3 rings (SSSR count). The van der Waals surface area contributed by atoms with E-state index in [4.69, 9.17) is 4.74 Å². The number of amides is 1. The number of likely N-dealkylation sites (tertiary alicyclic amines) is 1. The smallest absolute Gasteiger partial charge is 0.244 e. The molecule has 1 aromatic carbocycles. The molecule has 6 heteroatoms. The van der Waals surface area contributed by atoms with E-state index in [1.54, 1.807) is 0 Å². The zero-order valence-electron chi connectivity index (χ0n) is 17.3. The van der Waals surface area contributed by atoms with Crippen molar-refractivity contribution in [1.82, 2.24) is 15.5 Å². The summed E-state index contributed by atoms with van der Waals surface area (Å²) < 4.78 is 5.65. The Labute approximate surface area is 168 Å². The van der Waals surface area contributed by atoms with Gasteiger partial charge in [0.1, 0.15) is 6.54 Å². The van der Waals surface area contributed by atoms with E-state index in [9.17, 15) is 4.79 Å². The third-order valence-corrected chi connectivity index (χ3v) is 5.94. The van der Waals surface area contributed by atoms with Crippen molar-refractivity contribution in [2.75, 3.05) is 45.9 Å². The Hall–Kier alpha value is -2.08. The number of aryl methyl sites for hydroxylation is 1. The van der Waals surface area contributed by atoms with Crippen molar-refractivity contribution in [2.24, 2.45) is 4.99 Å². The second-order valence-electron chi connectivity index (χ2n) is 7.84. The molecular formula is C22H34N4O2. The van der Waals surface area contributed by atoms with Crippen LogP contribution in [-0.4, -0.2) is 62.7 Å². The van der Waals surface area contributed by atoms with Crippen molar-refractivity contribution in [1.29, 1.82) is 0 Å². The molecule has 2 heterocycles. The zero-order valence-corrected chi connectivity index (χ0v) is 17.3. The topological polar surface area (TPSA) is 66.0 Å². The SMILES string of the molecule is CCNC(=NCC(=O)N1CCCC1)NCC1(c2ccccc2C)CCOCC1. The number of benzene rings is 1. The summed E-state index contributed by atoms with van der Waals surface area (Å²) in [6, 6.07) is 8.63. The van der Waals surface area contributed by atoms with Crippen LogP contribution in [-0.2, 0) is 14.9 Å². The highest BCUT2D eigenvalue weighted by Crippen LogP contribution is 2.36. The first-order valence-electron chi connectivity index (χ1n) is 10.6. The highest BCUT2D eigenvalue weighted by Gasteiger charge is 2.35. The van der Waals surface area contributed by atoms with Crippen molar-refractivity contribution in [3.63, 3.8) is 0 Å². The summed E-state index contributed by atoms with van der Waals surface area (Å²) in [7, 11) is 0. The summed E-state index contributed by atoms with van der Waals surface area (Å²) in [5.74, 6) is 0.837. The Bertz CT molecular complexity index is 677. The molecule has 6 nitrogen and oxygen atoms in total. The predicted octanol–water partition coefficient (Wildman–Crippen LogP) is 2.22. The second kappa shape index (κ2) is 9.92. The molecule has 2 fully saturated rings. The van der Waals surface area contributed by atoms with Gasteiger partial charge in [-0.15, -0.1) is 0 Å². The fourth-order valence-corrected chi connectivity index (χ4v) is 4.28. The van der Waals surface area contributed by atoms with Gasteiger partial charge in [-0.05, 0) is 50.7 Å². The minimum absolute atomic E-state index is 0.0265. The summed E-state index contributed by atoms with van der Waals surface area (Å²) in [4.78, 5) is 18.8. The third kappa shape index (κ3) is 5.04. The lowest BCUT2D eigenvalue weighted by atomic mass is 9.72. The van der Waals surface area contributed by atoms with E-state index in [2.05, 4.69) is 46.8 Å². The number of ether oxygens (including phenoxy) is 1. The first kappa shape index (κ1) is 20.6. The lowest BCUT2D eigenvalue weighted by Crippen LogP contribution is -2.48. The van der Waals surface area contributed by atoms with Crippen molar-refractivity contribution < 1.29 is 9.53 Å². The second-order valence-corrected chi connectivity index (χ2v) is 7.84. The molecule has 154 valence electrons. The van der Waals surface area contributed by atoms with Gasteiger partial charge in [0.2, 0.25) is 5.91 Å². The Morgan fingerprint density at radius 2 is 1.89 bits per heavy atom. The Balaban J connectivity index is 1.69. The predicted molar refractivity (Wildman–Crippen MR) is 113 cm³/mol. The molecule has 2 aliphatic heterocycles. The number of nitrogens with zero attached hydrogens (tertiary/aromatic N) is 2. The number of carbonyl (C=O) groups is 1. The molecule has 0 aromatic heterocycles. The quantitative estimate of drug-likeness (QED) is 0.581. The lowest BCUT2D eigenvalue weighted by molar-refractivity contribution is -0.128. The summed E-state index contributed by atoms with van der Waals surface area (Å²) in [6.45, 7) is 9.27. The zero-order chi connectivity index (χ0) is 19.8. The molecule has 1 amide bonds. The summed E-state index contributed by atoms with van der Waals surface area (Å²) >= 11 is 0. The van der Waals surface area contributed by atoms with Crippen molar-refractivity contribution in [3.8, 4) is 0 Å². The van der Waals surface area contributed by atoms with Crippen LogP contribution in [0.3, 0.4) is 0 Å². The van der Waals surface area contributed by atoms with Crippen molar-refractivity contribution in [3.05, 3.63) is 35.4 Å². The van der Waals surface area contributed by atoms with Gasteiger partial charge in [-0.3, -0.25) is 4.79 Å². The van der Waals surface area contributed by atoms with E-state index >= 15 is 0 Å². The van der Waals surface area contributed by atoms with Gasteiger partial charge in [0.15, 0.2) is 5.96 Å². The molecule has 2 saturated heterocycles. The van der Waals surface area contributed by atoms with Crippen molar-refractivity contribution >= 4 is 11.9 Å². The molecule has 1 aromatic rings. The molecule has 0 bridgehead atoms. The fourth-order valence-electron chi connectivity index (χ4n) is 4.28. The fraction of sp³-hybridized carbons (Fsp3) is 0.636. The van der Waals surface area contributed by atoms with Crippen LogP contribution in [0.25, 0.3) is 0 Å². The average Bonchev–Trinajstić information content (AvgIpc) is 3.26. The number of carbonyl (C=O) groups excluding carboxylic acids is 1. The normalized spacial score (nSPS) is 19.5. The van der Waals surface area contributed by atoms with Crippen LogP contribution in [0.2, 0.25) is 0 Å². The van der Waals surface area contributed by atoms with Gasteiger partial charge < -0.3 is 20.3 Å². The molecule has 0 atom stereocenters. The largest absolute Gasteiger partial charge is 0.381 e. The van der Waals surface area contributed by atoms with Crippen LogP contribution in [0.5, 0.6) is 0 Å². The highest BCUT2D eigenvalue weighted by molar-refractivity contribution is 5.85. The van der Waals surface area contributed by atoms with Gasteiger partial charge in [-0.25, -0.2) is 4.99 Å². The maximum atomic E-state index is 12.3. The van der Waals surface area contributed by atoms with Crippen LogP contribution in [0.4, 0.5) is 0 Å². The first-order valence-corrected chi connectivity index (χ1v) is 10.6. The molecule has 0 unspecified atom stereocenters. The van der Waals surface area contributed by atoms with Gasteiger partial charge >= 0.3 is 0 Å². The van der Waals surface area contributed by atoms with E-state index in [1.807, 2.05) is 11.8 Å². The monoisotopic (exact) mass is 386 g/mol. The molecular weight excluding hydrogens is 352 g/mol. The average molecular weight is 387 g/mol. The highest BCUT2D eigenvalue weighted by atomic mass is 16.5. The Morgan fingerprint density at radius 1 is 1.18 bits per heavy atom. The van der Waals surface area contributed by atoms with Gasteiger partial charge in [0, 0.05) is 44.8 Å². The van der Waals surface area contributed by atoms with E-state index in [1.165, 1.54) is 11.1 Å². The Morgan fingerprint density at radius 3 is 2.57 bits per heavy atom.